The highest BCUT2D eigenvalue weighted by molar-refractivity contribution is 8.26. The van der Waals surface area contributed by atoms with Crippen molar-refractivity contribution in [1.29, 1.82) is 0 Å². The predicted molar refractivity (Wildman–Crippen MR) is 112 cm³/mol. The number of thioether (sulfide) groups is 1. The molecule has 7 nitrogen and oxygen atoms in total. The van der Waals surface area contributed by atoms with Gasteiger partial charge in [-0.1, -0.05) is 41.7 Å². The maximum Gasteiger partial charge on any atom is 0.270 e. The van der Waals surface area contributed by atoms with Crippen molar-refractivity contribution in [2.75, 3.05) is 13.2 Å². The van der Waals surface area contributed by atoms with E-state index in [0.29, 0.717) is 27.1 Å². The molecule has 1 fully saturated rings. The second-order valence-corrected chi connectivity index (χ2v) is 7.56. The lowest BCUT2D eigenvalue weighted by Gasteiger charge is -2.11. The fraction of sp³-hybridized carbons (Fsp3) is 0.158. The number of nitro benzene ring substituents is 1. The fourth-order valence-electron chi connectivity index (χ4n) is 2.40. The van der Waals surface area contributed by atoms with Gasteiger partial charge >= 0.3 is 0 Å². The Balaban J connectivity index is 1.71. The molecule has 0 saturated carbocycles. The first-order valence-corrected chi connectivity index (χ1v) is 9.50. The molecular weight excluding hydrogens is 400 g/mol. The van der Waals surface area contributed by atoms with E-state index in [1.807, 2.05) is 31.2 Å². The van der Waals surface area contributed by atoms with Crippen molar-refractivity contribution < 1.29 is 19.2 Å². The van der Waals surface area contributed by atoms with Crippen LogP contribution in [0.15, 0.2) is 47.4 Å². The van der Waals surface area contributed by atoms with E-state index in [-0.39, 0.29) is 18.2 Å². The quantitative estimate of drug-likeness (QED) is 0.241. The van der Waals surface area contributed by atoms with Gasteiger partial charge in [-0.25, -0.2) is 0 Å². The van der Waals surface area contributed by atoms with Gasteiger partial charge < -0.3 is 14.8 Å². The number of benzene rings is 2. The summed E-state index contributed by atoms with van der Waals surface area (Å²) in [6.07, 6.45) is 1.53. The van der Waals surface area contributed by atoms with Gasteiger partial charge in [0.2, 0.25) is 0 Å². The first-order valence-electron chi connectivity index (χ1n) is 8.28. The molecule has 0 atom stereocenters. The molecule has 1 saturated heterocycles. The Morgan fingerprint density at radius 1 is 1.18 bits per heavy atom. The fourth-order valence-corrected chi connectivity index (χ4v) is 3.44. The Labute approximate surface area is 170 Å². The summed E-state index contributed by atoms with van der Waals surface area (Å²) >= 11 is 6.06. The number of hydrogen-bond acceptors (Lipinski definition) is 7. The topological polar surface area (TPSA) is 90.7 Å². The summed E-state index contributed by atoms with van der Waals surface area (Å²) in [6, 6.07) is 11.9. The summed E-state index contributed by atoms with van der Waals surface area (Å²) in [6.45, 7) is 2.53. The molecule has 9 heteroatoms. The van der Waals surface area contributed by atoms with Crippen LogP contribution in [0.4, 0.5) is 5.69 Å². The van der Waals surface area contributed by atoms with Gasteiger partial charge in [0, 0.05) is 17.7 Å². The van der Waals surface area contributed by atoms with Crippen LogP contribution in [0.2, 0.25) is 0 Å². The first kappa shape index (κ1) is 19.8. The molecule has 1 aliphatic rings. The number of rotatable bonds is 7. The minimum atomic E-state index is -0.501. The molecule has 28 heavy (non-hydrogen) atoms. The number of aryl methyl sites for hydroxylation is 1. The SMILES string of the molecule is Cc1ccc(OCCOc2ccc([N+](=O)[O-])cc2/C=C2/SC(=S)NC2=O)cc1. The minimum absolute atomic E-state index is 0.0962. The van der Waals surface area contributed by atoms with E-state index in [9.17, 15) is 14.9 Å². The van der Waals surface area contributed by atoms with Gasteiger partial charge in [0.15, 0.2) is 0 Å². The van der Waals surface area contributed by atoms with Gasteiger partial charge in [-0.15, -0.1) is 0 Å². The lowest BCUT2D eigenvalue weighted by molar-refractivity contribution is -0.384. The number of ether oxygens (including phenoxy) is 2. The Hall–Kier alpha value is -2.91. The number of nitro groups is 1. The molecule has 1 N–H and O–H groups in total. The summed E-state index contributed by atoms with van der Waals surface area (Å²) in [5, 5.41) is 13.6. The normalized spacial score (nSPS) is 14.8. The number of hydrogen-bond donors (Lipinski definition) is 1. The van der Waals surface area contributed by atoms with Crippen molar-refractivity contribution in [1.82, 2.24) is 5.32 Å². The van der Waals surface area contributed by atoms with Crippen LogP contribution in [0.5, 0.6) is 11.5 Å². The van der Waals surface area contributed by atoms with Gasteiger partial charge in [0.05, 0.1) is 9.83 Å². The Bertz CT molecular complexity index is 957. The number of amides is 1. The van der Waals surface area contributed by atoms with E-state index in [2.05, 4.69) is 5.32 Å². The van der Waals surface area contributed by atoms with Crippen molar-refractivity contribution >= 4 is 46.0 Å². The van der Waals surface area contributed by atoms with E-state index in [1.54, 1.807) is 0 Å². The molecule has 0 aliphatic carbocycles. The lowest BCUT2D eigenvalue weighted by Crippen LogP contribution is -2.17. The van der Waals surface area contributed by atoms with Crippen molar-refractivity contribution in [3.63, 3.8) is 0 Å². The summed E-state index contributed by atoms with van der Waals surface area (Å²) < 4.78 is 11.7. The third kappa shape index (κ3) is 5.08. The third-order valence-electron chi connectivity index (χ3n) is 3.76. The number of thiocarbonyl (C=S) groups is 1. The van der Waals surface area contributed by atoms with Crippen LogP contribution < -0.4 is 14.8 Å². The Morgan fingerprint density at radius 3 is 2.54 bits per heavy atom. The molecule has 3 rings (SSSR count). The first-order chi connectivity index (χ1) is 13.4. The van der Waals surface area contributed by atoms with Gasteiger partial charge in [-0.2, -0.15) is 0 Å². The Morgan fingerprint density at radius 2 is 1.89 bits per heavy atom. The van der Waals surface area contributed by atoms with Crippen LogP contribution in [-0.2, 0) is 4.79 Å². The summed E-state index contributed by atoms with van der Waals surface area (Å²) in [7, 11) is 0. The predicted octanol–water partition coefficient (Wildman–Crippen LogP) is 3.85. The average Bonchev–Trinajstić information content (AvgIpc) is 2.98. The van der Waals surface area contributed by atoms with Crippen LogP contribution in [-0.4, -0.2) is 28.4 Å². The molecule has 1 aliphatic heterocycles. The van der Waals surface area contributed by atoms with Crippen LogP contribution >= 0.6 is 24.0 Å². The van der Waals surface area contributed by atoms with Gasteiger partial charge in [0.25, 0.3) is 11.6 Å². The zero-order valence-corrected chi connectivity index (χ0v) is 16.5. The summed E-state index contributed by atoms with van der Waals surface area (Å²) in [5.41, 5.74) is 1.47. The van der Waals surface area contributed by atoms with Crippen LogP contribution in [0, 0.1) is 17.0 Å². The van der Waals surface area contributed by atoms with E-state index < -0.39 is 4.92 Å². The van der Waals surface area contributed by atoms with Gasteiger partial charge in [0.1, 0.15) is 29.0 Å². The third-order valence-corrected chi connectivity index (χ3v) is 4.93. The maximum atomic E-state index is 11.9. The number of carbonyl (C=O) groups is 1. The molecule has 0 bridgehead atoms. The minimum Gasteiger partial charge on any atom is -0.490 e. The lowest BCUT2D eigenvalue weighted by atomic mass is 10.1. The maximum absolute atomic E-state index is 11.9. The molecule has 1 amide bonds. The number of non-ortho nitro benzene ring substituents is 1. The van der Waals surface area contributed by atoms with E-state index in [0.717, 1.165) is 23.1 Å². The molecular formula is C19H16N2O5S2. The van der Waals surface area contributed by atoms with Crippen molar-refractivity contribution in [3.05, 3.63) is 68.6 Å². The Kier molecular flexibility index (Phi) is 6.27. The summed E-state index contributed by atoms with van der Waals surface area (Å²) in [5.74, 6) is 0.805. The van der Waals surface area contributed by atoms with Crippen molar-refractivity contribution in [3.8, 4) is 11.5 Å². The molecule has 0 unspecified atom stereocenters. The zero-order chi connectivity index (χ0) is 20.1. The summed E-state index contributed by atoms with van der Waals surface area (Å²) in [4.78, 5) is 22.8. The molecule has 0 spiro atoms. The second kappa shape index (κ2) is 8.85. The van der Waals surface area contributed by atoms with Gasteiger partial charge in [-0.05, 0) is 31.2 Å². The molecule has 2 aromatic carbocycles. The monoisotopic (exact) mass is 416 g/mol. The average molecular weight is 416 g/mol. The number of nitrogens with one attached hydrogen (secondary N) is 1. The van der Waals surface area contributed by atoms with E-state index >= 15 is 0 Å². The van der Waals surface area contributed by atoms with Crippen molar-refractivity contribution in [2.24, 2.45) is 0 Å². The van der Waals surface area contributed by atoms with E-state index in [4.69, 9.17) is 21.7 Å². The molecule has 144 valence electrons. The highest BCUT2D eigenvalue weighted by atomic mass is 32.2. The molecule has 2 aromatic rings. The molecule has 0 aromatic heterocycles. The van der Waals surface area contributed by atoms with Gasteiger partial charge in [-0.3, -0.25) is 14.9 Å². The number of nitrogens with zero attached hydrogens (tertiary/aromatic N) is 1. The van der Waals surface area contributed by atoms with Crippen LogP contribution in [0.3, 0.4) is 0 Å². The van der Waals surface area contributed by atoms with Crippen LogP contribution in [0.25, 0.3) is 6.08 Å². The zero-order valence-electron chi connectivity index (χ0n) is 14.8. The smallest absolute Gasteiger partial charge is 0.270 e. The second-order valence-electron chi connectivity index (χ2n) is 5.84. The standard InChI is InChI=1S/C19H16N2O5S2/c1-12-2-5-15(6-3-12)25-8-9-26-16-7-4-14(21(23)24)10-13(16)11-17-18(22)20-19(27)28-17/h2-7,10-11H,8-9H2,1H3,(H,20,22,27)/b17-11+. The van der Waals surface area contributed by atoms with Crippen LogP contribution in [0.1, 0.15) is 11.1 Å². The highest BCUT2D eigenvalue weighted by Gasteiger charge is 2.23. The molecule has 0 radical (unpaired) electrons. The van der Waals surface area contributed by atoms with Crippen molar-refractivity contribution in [2.45, 2.75) is 6.92 Å². The highest BCUT2D eigenvalue weighted by Crippen LogP contribution is 2.31. The number of carbonyl (C=O) groups excluding carboxylic acids is 1. The largest absolute Gasteiger partial charge is 0.490 e. The van der Waals surface area contributed by atoms with E-state index in [1.165, 1.54) is 24.3 Å². The molecule has 1 heterocycles.